The first-order valence-electron chi connectivity index (χ1n) is 11.0. The lowest BCUT2D eigenvalue weighted by atomic mass is 9.98. The summed E-state index contributed by atoms with van der Waals surface area (Å²) in [6.07, 6.45) is -4.54. The summed E-state index contributed by atoms with van der Waals surface area (Å²) in [5, 5.41) is 0. The molecule has 1 atom stereocenters. The van der Waals surface area contributed by atoms with Crippen LogP contribution in [0.5, 0.6) is 5.75 Å². The third-order valence-electron chi connectivity index (χ3n) is 5.28. The van der Waals surface area contributed by atoms with E-state index in [1.54, 1.807) is 43.3 Å². The molecule has 0 aliphatic heterocycles. The zero-order chi connectivity index (χ0) is 26.3. The molecule has 0 fully saturated rings. The maximum atomic E-state index is 13.1. The van der Waals surface area contributed by atoms with E-state index >= 15 is 0 Å². The Morgan fingerprint density at radius 1 is 1.00 bits per heavy atom. The van der Waals surface area contributed by atoms with E-state index in [9.17, 15) is 26.4 Å². The number of carbonyl (C=O) groups excluding carboxylic acids is 1. The number of esters is 1. The number of rotatable bonds is 10. The van der Waals surface area contributed by atoms with Gasteiger partial charge in [0.05, 0.1) is 29.2 Å². The molecule has 3 aromatic carbocycles. The lowest BCUT2D eigenvalue weighted by molar-refractivity contribution is -0.143. The standard InChI is InChI=1S/C26H24F3IO5S/c1-2-34-25(31)14-20(19-6-4-3-5-7-19)17-36(32,33)24-10-8-23(9-11-24)35-16-18-12-21(26(27,28)29)15-22(30)13-18/h3-13,15,20H,2,14,16-17H2,1H3. The van der Waals surface area contributed by atoms with E-state index in [0.717, 1.165) is 12.1 Å². The Morgan fingerprint density at radius 3 is 2.28 bits per heavy atom. The van der Waals surface area contributed by atoms with Crippen molar-refractivity contribution >= 4 is 38.4 Å². The molecule has 3 aromatic rings. The molecule has 0 bridgehead atoms. The van der Waals surface area contributed by atoms with E-state index in [-0.39, 0.29) is 30.3 Å². The minimum absolute atomic E-state index is 0.0493. The Morgan fingerprint density at radius 2 is 1.67 bits per heavy atom. The van der Waals surface area contributed by atoms with Gasteiger partial charge in [-0.15, -0.1) is 0 Å². The van der Waals surface area contributed by atoms with Gasteiger partial charge in [-0.25, -0.2) is 8.42 Å². The first kappa shape index (κ1) is 28.0. The van der Waals surface area contributed by atoms with E-state index in [1.165, 1.54) is 24.3 Å². The molecule has 1 unspecified atom stereocenters. The Balaban J connectivity index is 1.72. The lowest BCUT2D eigenvalue weighted by Gasteiger charge is -2.17. The van der Waals surface area contributed by atoms with Crippen LogP contribution < -0.4 is 4.74 Å². The lowest BCUT2D eigenvalue weighted by Crippen LogP contribution is -2.19. The van der Waals surface area contributed by atoms with Gasteiger partial charge in [0.15, 0.2) is 9.84 Å². The minimum Gasteiger partial charge on any atom is -0.489 e. The molecule has 10 heteroatoms. The SMILES string of the molecule is CCOC(=O)CC(CS(=O)(=O)c1ccc(OCc2cc(I)cc(C(F)(F)F)c2)cc1)c1ccccc1. The van der Waals surface area contributed by atoms with E-state index in [1.807, 2.05) is 22.6 Å². The summed E-state index contributed by atoms with van der Waals surface area (Å²) in [6.45, 7) is 1.78. The molecule has 0 spiro atoms. The van der Waals surface area contributed by atoms with Crippen LogP contribution in [0.25, 0.3) is 0 Å². The fourth-order valence-electron chi connectivity index (χ4n) is 3.59. The molecule has 0 radical (unpaired) electrons. The fourth-order valence-corrected chi connectivity index (χ4v) is 5.91. The van der Waals surface area contributed by atoms with Gasteiger partial charge >= 0.3 is 12.1 Å². The maximum Gasteiger partial charge on any atom is 0.416 e. The third kappa shape index (κ3) is 7.95. The van der Waals surface area contributed by atoms with Gasteiger partial charge in [-0.05, 0) is 83.1 Å². The molecule has 0 aromatic heterocycles. The summed E-state index contributed by atoms with van der Waals surface area (Å²) < 4.78 is 76.4. The quantitative estimate of drug-likeness (QED) is 0.191. The van der Waals surface area contributed by atoms with Gasteiger partial charge in [-0.2, -0.15) is 13.2 Å². The number of hydrogen-bond acceptors (Lipinski definition) is 5. The second-order valence-electron chi connectivity index (χ2n) is 8.00. The fraction of sp³-hybridized carbons (Fsp3) is 0.269. The molecule has 0 amide bonds. The molecule has 0 heterocycles. The molecule has 0 N–H and O–H groups in total. The van der Waals surface area contributed by atoms with Crippen molar-refractivity contribution in [3.8, 4) is 5.75 Å². The van der Waals surface area contributed by atoms with Crippen molar-refractivity contribution in [2.75, 3.05) is 12.4 Å². The molecule has 192 valence electrons. The number of benzene rings is 3. The van der Waals surface area contributed by atoms with E-state index < -0.39 is 33.5 Å². The molecule has 3 rings (SSSR count). The number of sulfone groups is 1. The number of hydrogen-bond donors (Lipinski definition) is 0. The highest BCUT2D eigenvalue weighted by Gasteiger charge is 2.31. The normalized spacial score (nSPS) is 12.7. The highest BCUT2D eigenvalue weighted by Crippen LogP contribution is 2.31. The second kappa shape index (κ2) is 12.1. The summed E-state index contributed by atoms with van der Waals surface area (Å²) >= 11 is 1.81. The Labute approximate surface area is 221 Å². The Hall–Kier alpha value is -2.60. The van der Waals surface area contributed by atoms with E-state index in [2.05, 4.69) is 0 Å². The van der Waals surface area contributed by atoms with E-state index in [4.69, 9.17) is 9.47 Å². The summed E-state index contributed by atoms with van der Waals surface area (Å²) in [7, 11) is -3.77. The number of carbonyl (C=O) groups is 1. The zero-order valence-corrected chi connectivity index (χ0v) is 22.3. The molecule has 0 saturated heterocycles. The third-order valence-corrected chi connectivity index (χ3v) is 7.74. The molecule has 36 heavy (non-hydrogen) atoms. The summed E-state index contributed by atoms with van der Waals surface area (Å²) in [5.41, 5.74) is 0.297. The smallest absolute Gasteiger partial charge is 0.416 e. The van der Waals surface area contributed by atoms with Crippen LogP contribution >= 0.6 is 22.6 Å². The Bertz CT molecular complexity index is 1280. The molecule has 0 aliphatic rings. The molecule has 0 saturated carbocycles. The number of alkyl halides is 3. The largest absolute Gasteiger partial charge is 0.489 e. The molecular weight excluding hydrogens is 608 g/mol. The zero-order valence-electron chi connectivity index (χ0n) is 19.3. The van der Waals surface area contributed by atoms with Crippen LogP contribution in [0.1, 0.15) is 36.0 Å². The topological polar surface area (TPSA) is 69.7 Å². The predicted molar refractivity (Wildman–Crippen MR) is 137 cm³/mol. The number of halogens is 4. The summed E-state index contributed by atoms with van der Waals surface area (Å²) in [5.74, 6) is -1.05. The first-order valence-corrected chi connectivity index (χ1v) is 13.7. The highest BCUT2D eigenvalue weighted by atomic mass is 127. The van der Waals surface area contributed by atoms with Gasteiger partial charge in [0.2, 0.25) is 0 Å². The van der Waals surface area contributed by atoms with Crippen LogP contribution in [-0.4, -0.2) is 26.7 Å². The van der Waals surface area contributed by atoms with Crippen LogP contribution in [0.15, 0.2) is 77.7 Å². The van der Waals surface area contributed by atoms with Gasteiger partial charge in [-0.3, -0.25) is 4.79 Å². The molecule has 0 aliphatic carbocycles. The van der Waals surface area contributed by atoms with Crippen molar-refractivity contribution < 1.29 is 35.9 Å². The van der Waals surface area contributed by atoms with Gasteiger partial charge in [0.25, 0.3) is 0 Å². The summed E-state index contributed by atoms with van der Waals surface area (Å²) in [6, 6.07) is 18.2. The monoisotopic (exact) mass is 632 g/mol. The molecular formula is C26H24F3IO5S. The average molecular weight is 632 g/mol. The van der Waals surface area contributed by atoms with Gasteiger partial charge in [0.1, 0.15) is 12.4 Å². The maximum absolute atomic E-state index is 13.1. The van der Waals surface area contributed by atoms with Crippen LogP contribution in [0, 0.1) is 3.57 Å². The average Bonchev–Trinajstić information content (AvgIpc) is 2.82. The summed E-state index contributed by atoms with van der Waals surface area (Å²) in [4.78, 5) is 12.1. The van der Waals surface area contributed by atoms with Crippen molar-refractivity contribution in [2.24, 2.45) is 0 Å². The number of ether oxygens (including phenoxy) is 2. The highest BCUT2D eigenvalue weighted by molar-refractivity contribution is 14.1. The Kier molecular flexibility index (Phi) is 9.40. The van der Waals surface area contributed by atoms with Crippen LogP contribution in [0.3, 0.4) is 0 Å². The van der Waals surface area contributed by atoms with Gasteiger partial charge < -0.3 is 9.47 Å². The van der Waals surface area contributed by atoms with Crippen LogP contribution in [0.4, 0.5) is 13.2 Å². The van der Waals surface area contributed by atoms with Gasteiger partial charge in [0, 0.05) is 9.49 Å². The van der Waals surface area contributed by atoms with Crippen molar-refractivity contribution in [3.05, 3.63) is 93.1 Å². The first-order chi connectivity index (χ1) is 17.0. The molecule has 5 nitrogen and oxygen atoms in total. The van der Waals surface area contributed by atoms with Crippen molar-refractivity contribution in [1.82, 2.24) is 0 Å². The van der Waals surface area contributed by atoms with Crippen molar-refractivity contribution in [3.63, 3.8) is 0 Å². The van der Waals surface area contributed by atoms with Gasteiger partial charge in [-0.1, -0.05) is 30.3 Å². The van der Waals surface area contributed by atoms with Crippen LogP contribution in [-0.2, 0) is 32.2 Å². The van der Waals surface area contributed by atoms with Crippen molar-refractivity contribution in [2.45, 2.75) is 36.9 Å². The van der Waals surface area contributed by atoms with Crippen LogP contribution in [0.2, 0.25) is 0 Å². The minimum atomic E-state index is -4.46. The second-order valence-corrected chi connectivity index (χ2v) is 11.3. The van der Waals surface area contributed by atoms with Crippen molar-refractivity contribution in [1.29, 1.82) is 0 Å². The van der Waals surface area contributed by atoms with E-state index in [0.29, 0.717) is 20.4 Å². The predicted octanol–water partition coefficient (Wildman–Crippen LogP) is 6.40.